The molecule has 1 rings (SSSR count). The lowest BCUT2D eigenvalue weighted by atomic mass is 10.1. The normalized spacial score (nSPS) is 11.7. The molecule has 0 saturated heterocycles. The fraction of sp³-hybridized carbons (Fsp3) is 0.222. The van der Waals surface area contributed by atoms with Crippen LogP contribution in [0.2, 0.25) is 0 Å². The maximum absolute atomic E-state index is 8.40. The van der Waals surface area contributed by atoms with Crippen LogP contribution in [-0.2, 0) is 6.42 Å². The van der Waals surface area contributed by atoms with Crippen molar-refractivity contribution >= 4 is 28.4 Å². The average molecular weight is 218 g/mol. The summed E-state index contributed by atoms with van der Waals surface area (Å²) in [6, 6.07) is 7.41. The Hall–Kier alpha value is -0.730. The van der Waals surface area contributed by atoms with Gasteiger partial charge in [-0.25, -0.2) is 0 Å². The molecule has 0 aliphatic rings. The van der Waals surface area contributed by atoms with Gasteiger partial charge in [0.2, 0.25) is 0 Å². The highest BCUT2D eigenvalue weighted by Gasteiger charge is 1.99. The zero-order valence-corrected chi connectivity index (χ0v) is 8.39. The van der Waals surface area contributed by atoms with E-state index in [1.807, 2.05) is 12.1 Å². The van der Waals surface area contributed by atoms with Crippen LogP contribution in [0.25, 0.3) is 0 Å². The SMILES string of the molecule is O/N=C(\Cl)c1ccc(CCCl)cc1. The number of rotatable bonds is 3. The van der Waals surface area contributed by atoms with Crippen molar-refractivity contribution < 1.29 is 5.21 Å². The second-order valence-corrected chi connectivity index (χ2v) is 3.26. The Morgan fingerprint density at radius 3 is 2.38 bits per heavy atom. The molecule has 1 N–H and O–H groups in total. The molecule has 1 aromatic carbocycles. The summed E-state index contributed by atoms with van der Waals surface area (Å²) in [4.78, 5) is 0. The van der Waals surface area contributed by atoms with Crippen LogP contribution in [0.4, 0.5) is 0 Å². The number of hydrogen-bond acceptors (Lipinski definition) is 2. The highest BCUT2D eigenvalue weighted by atomic mass is 35.5. The van der Waals surface area contributed by atoms with Crippen LogP contribution in [-0.4, -0.2) is 16.3 Å². The maximum atomic E-state index is 8.40. The van der Waals surface area contributed by atoms with Gasteiger partial charge in [-0.05, 0) is 12.0 Å². The fourth-order valence-corrected chi connectivity index (χ4v) is 1.32. The van der Waals surface area contributed by atoms with Gasteiger partial charge >= 0.3 is 0 Å². The second kappa shape index (κ2) is 5.10. The molecule has 0 aromatic heterocycles. The molecule has 13 heavy (non-hydrogen) atoms. The number of oxime groups is 1. The molecule has 0 spiro atoms. The van der Waals surface area contributed by atoms with E-state index in [9.17, 15) is 0 Å². The van der Waals surface area contributed by atoms with Crippen molar-refractivity contribution in [3.63, 3.8) is 0 Å². The fourth-order valence-electron chi connectivity index (χ4n) is 0.976. The smallest absolute Gasteiger partial charge is 0.175 e. The third-order valence-electron chi connectivity index (χ3n) is 1.66. The molecule has 0 fully saturated rings. The average Bonchev–Trinajstić information content (AvgIpc) is 2.18. The molecule has 0 aliphatic heterocycles. The number of nitrogens with zero attached hydrogens (tertiary/aromatic N) is 1. The summed E-state index contributed by atoms with van der Waals surface area (Å²) in [6.45, 7) is 0. The van der Waals surface area contributed by atoms with Crippen molar-refractivity contribution in [1.82, 2.24) is 0 Å². The largest absolute Gasteiger partial charge is 0.410 e. The zero-order chi connectivity index (χ0) is 9.68. The van der Waals surface area contributed by atoms with Gasteiger partial charge in [-0.2, -0.15) is 0 Å². The van der Waals surface area contributed by atoms with Gasteiger partial charge in [0.05, 0.1) is 0 Å². The van der Waals surface area contributed by atoms with E-state index in [4.69, 9.17) is 28.4 Å². The van der Waals surface area contributed by atoms with Crippen LogP contribution in [0.5, 0.6) is 0 Å². The Labute approximate surface area is 86.8 Å². The van der Waals surface area contributed by atoms with Gasteiger partial charge in [0.25, 0.3) is 0 Å². The highest BCUT2D eigenvalue weighted by molar-refractivity contribution is 6.69. The van der Waals surface area contributed by atoms with E-state index in [1.54, 1.807) is 12.1 Å². The number of halogens is 2. The van der Waals surface area contributed by atoms with Crippen molar-refractivity contribution in [3.05, 3.63) is 35.4 Å². The monoisotopic (exact) mass is 217 g/mol. The molecule has 0 aliphatic carbocycles. The summed E-state index contributed by atoms with van der Waals surface area (Å²) in [5.74, 6) is 0.598. The van der Waals surface area contributed by atoms with E-state index < -0.39 is 0 Å². The Morgan fingerprint density at radius 2 is 1.92 bits per heavy atom. The van der Waals surface area contributed by atoms with Crippen molar-refractivity contribution in [2.75, 3.05) is 5.88 Å². The zero-order valence-electron chi connectivity index (χ0n) is 6.87. The Balaban J connectivity index is 2.81. The van der Waals surface area contributed by atoms with Gasteiger partial charge in [0.15, 0.2) is 5.17 Å². The van der Waals surface area contributed by atoms with Gasteiger partial charge < -0.3 is 5.21 Å². The lowest BCUT2D eigenvalue weighted by Crippen LogP contribution is -1.92. The summed E-state index contributed by atoms with van der Waals surface area (Å²) >= 11 is 11.2. The topological polar surface area (TPSA) is 32.6 Å². The molecule has 1 aromatic rings. The highest BCUT2D eigenvalue weighted by Crippen LogP contribution is 2.08. The third-order valence-corrected chi connectivity index (χ3v) is 2.15. The minimum Gasteiger partial charge on any atom is -0.410 e. The first-order chi connectivity index (χ1) is 6.27. The second-order valence-electron chi connectivity index (χ2n) is 2.53. The Morgan fingerprint density at radius 1 is 1.31 bits per heavy atom. The number of hydrogen-bond donors (Lipinski definition) is 1. The van der Waals surface area contributed by atoms with Gasteiger partial charge in [-0.15, -0.1) is 11.6 Å². The molecule has 0 saturated carbocycles. The van der Waals surface area contributed by atoms with Gasteiger partial charge in [-0.1, -0.05) is 41.0 Å². The van der Waals surface area contributed by atoms with Crippen LogP contribution in [0.3, 0.4) is 0 Å². The number of alkyl halides is 1. The summed E-state index contributed by atoms with van der Waals surface area (Å²) in [6.07, 6.45) is 0.829. The lowest BCUT2D eigenvalue weighted by molar-refractivity contribution is 0.321. The van der Waals surface area contributed by atoms with E-state index in [0.29, 0.717) is 11.4 Å². The Kier molecular flexibility index (Phi) is 4.06. The van der Waals surface area contributed by atoms with Crippen LogP contribution in [0, 0.1) is 0 Å². The number of benzene rings is 1. The van der Waals surface area contributed by atoms with Gasteiger partial charge in [-0.3, -0.25) is 0 Å². The van der Waals surface area contributed by atoms with Crippen molar-refractivity contribution in [1.29, 1.82) is 0 Å². The summed E-state index contributed by atoms with van der Waals surface area (Å²) in [5, 5.41) is 11.4. The van der Waals surface area contributed by atoms with E-state index in [0.717, 1.165) is 12.0 Å². The molecule has 0 amide bonds. The molecular weight excluding hydrogens is 209 g/mol. The molecular formula is C9H9Cl2NO. The molecule has 0 bridgehead atoms. The van der Waals surface area contributed by atoms with E-state index in [1.165, 1.54) is 0 Å². The van der Waals surface area contributed by atoms with Crippen LogP contribution in [0.1, 0.15) is 11.1 Å². The first kappa shape index (κ1) is 10.4. The van der Waals surface area contributed by atoms with Crippen LogP contribution in [0.15, 0.2) is 29.4 Å². The van der Waals surface area contributed by atoms with E-state index in [2.05, 4.69) is 5.16 Å². The van der Waals surface area contributed by atoms with Gasteiger partial charge in [0, 0.05) is 11.4 Å². The quantitative estimate of drug-likeness (QED) is 0.359. The number of aryl methyl sites for hydroxylation is 1. The summed E-state index contributed by atoms with van der Waals surface area (Å²) in [7, 11) is 0. The van der Waals surface area contributed by atoms with E-state index >= 15 is 0 Å². The minimum absolute atomic E-state index is 0.0948. The lowest BCUT2D eigenvalue weighted by Gasteiger charge is -1.99. The van der Waals surface area contributed by atoms with Crippen LogP contribution < -0.4 is 0 Å². The van der Waals surface area contributed by atoms with E-state index in [-0.39, 0.29) is 5.17 Å². The summed E-state index contributed by atoms with van der Waals surface area (Å²) in [5.41, 5.74) is 1.84. The van der Waals surface area contributed by atoms with Crippen LogP contribution >= 0.6 is 23.2 Å². The predicted molar refractivity (Wildman–Crippen MR) is 55.0 cm³/mol. The molecule has 0 heterocycles. The standard InChI is InChI=1S/C9H9Cl2NO/c10-6-5-7-1-3-8(4-2-7)9(11)12-13/h1-4,13H,5-6H2/b12-9-. The summed E-state index contributed by atoms with van der Waals surface area (Å²) < 4.78 is 0. The van der Waals surface area contributed by atoms with Crippen molar-refractivity contribution in [3.8, 4) is 0 Å². The molecule has 0 radical (unpaired) electrons. The molecule has 70 valence electrons. The third kappa shape index (κ3) is 2.90. The maximum Gasteiger partial charge on any atom is 0.175 e. The van der Waals surface area contributed by atoms with Crippen molar-refractivity contribution in [2.45, 2.75) is 6.42 Å². The predicted octanol–water partition coefficient (Wildman–Crippen LogP) is 2.84. The molecule has 4 heteroatoms. The molecule has 2 nitrogen and oxygen atoms in total. The first-order valence-electron chi connectivity index (χ1n) is 3.80. The Bertz CT molecular complexity index is 295. The first-order valence-corrected chi connectivity index (χ1v) is 4.72. The van der Waals surface area contributed by atoms with Crippen molar-refractivity contribution in [2.24, 2.45) is 5.16 Å². The molecule has 0 unspecified atom stereocenters. The minimum atomic E-state index is 0.0948. The molecule has 0 atom stereocenters. The van der Waals surface area contributed by atoms with Gasteiger partial charge in [0.1, 0.15) is 0 Å².